The summed E-state index contributed by atoms with van der Waals surface area (Å²) >= 11 is 0. The van der Waals surface area contributed by atoms with Crippen molar-refractivity contribution in [2.45, 2.75) is 32.7 Å². The lowest BCUT2D eigenvalue weighted by Crippen LogP contribution is -2.25. The van der Waals surface area contributed by atoms with E-state index >= 15 is 0 Å². The maximum absolute atomic E-state index is 11.8. The number of carbonyl (C=O) groups is 1. The van der Waals surface area contributed by atoms with E-state index in [-0.39, 0.29) is 12.1 Å². The van der Waals surface area contributed by atoms with Crippen LogP contribution in [-0.4, -0.2) is 25.7 Å². The zero-order valence-electron chi connectivity index (χ0n) is 12.9. The largest absolute Gasteiger partial charge is 0.467 e. The first kappa shape index (κ1) is 17.8. The Kier molecular flexibility index (Phi) is 9.22. The molecule has 0 aliphatic heterocycles. The first-order valence-electron chi connectivity index (χ1n) is 7.50. The molecule has 0 spiro atoms. The topological polar surface area (TPSA) is 87.3 Å². The van der Waals surface area contributed by atoms with Crippen LogP contribution < -0.4 is 10.6 Å². The van der Waals surface area contributed by atoms with Crippen molar-refractivity contribution >= 4 is 5.91 Å². The molecular weight excluding hydrogens is 282 g/mol. The number of carbonyl (C=O) groups excluding carboxylic acids is 1. The number of hydrogen-bond donors (Lipinski definition) is 2. The molecule has 0 fully saturated rings. The number of unbranched alkanes of at least 4 members (excludes halogenated alkanes) is 1. The average Bonchev–Trinajstić information content (AvgIpc) is 3.04. The van der Waals surface area contributed by atoms with E-state index in [1.807, 2.05) is 6.07 Å². The summed E-state index contributed by atoms with van der Waals surface area (Å²) in [5.41, 5.74) is 0.0402. The van der Waals surface area contributed by atoms with Gasteiger partial charge in [0.15, 0.2) is 0 Å². The molecule has 0 aliphatic rings. The van der Waals surface area contributed by atoms with Crippen molar-refractivity contribution in [3.8, 4) is 6.07 Å². The number of amides is 1. The van der Waals surface area contributed by atoms with E-state index in [1.165, 1.54) is 12.5 Å². The standard InChI is InChI=1S/C16H23N3O3/c1-2-3-8-21-9-5-7-18-12-14(11-17)16(20)19-13-15-6-4-10-22-15/h4,6,10,12,18H,2-3,5,7-9,13H2,1H3,(H,19,20)/b14-12-. The number of ether oxygens (including phenoxy) is 1. The third-order valence-electron chi connectivity index (χ3n) is 2.87. The van der Waals surface area contributed by atoms with Crippen LogP contribution in [0.4, 0.5) is 0 Å². The van der Waals surface area contributed by atoms with Gasteiger partial charge in [0.1, 0.15) is 17.4 Å². The predicted octanol–water partition coefficient (Wildman–Crippen LogP) is 2.10. The monoisotopic (exact) mass is 305 g/mol. The summed E-state index contributed by atoms with van der Waals surface area (Å²) in [6.07, 6.45) is 5.99. The van der Waals surface area contributed by atoms with Crippen molar-refractivity contribution in [1.82, 2.24) is 10.6 Å². The molecule has 1 heterocycles. The van der Waals surface area contributed by atoms with Gasteiger partial charge in [-0.2, -0.15) is 5.26 Å². The number of furan rings is 1. The Morgan fingerprint density at radius 1 is 1.45 bits per heavy atom. The first-order chi connectivity index (χ1) is 10.8. The molecular formula is C16H23N3O3. The average molecular weight is 305 g/mol. The van der Waals surface area contributed by atoms with Crippen LogP contribution in [0.25, 0.3) is 0 Å². The molecule has 0 aromatic carbocycles. The second-order valence-electron chi connectivity index (χ2n) is 4.71. The molecule has 120 valence electrons. The van der Waals surface area contributed by atoms with Gasteiger partial charge in [0.25, 0.3) is 5.91 Å². The van der Waals surface area contributed by atoms with E-state index in [9.17, 15) is 4.79 Å². The maximum atomic E-state index is 11.8. The van der Waals surface area contributed by atoms with Gasteiger partial charge in [0.2, 0.25) is 0 Å². The van der Waals surface area contributed by atoms with Gasteiger partial charge in [-0.05, 0) is 25.0 Å². The van der Waals surface area contributed by atoms with E-state index < -0.39 is 5.91 Å². The van der Waals surface area contributed by atoms with Crippen molar-refractivity contribution in [1.29, 1.82) is 5.26 Å². The van der Waals surface area contributed by atoms with Crippen molar-refractivity contribution in [3.63, 3.8) is 0 Å². The number of nitriles is 1. The Morgan fingerprint density at radius 2 is 2.27 bits per heavy atom. The maximum Gasteiger partial charge on any atom is 0.263 e. The van der Waals surface area contributed by atoms with Crippen LogP contribution in [0.2, 0.25) is 0 Å². The lowest BCUT2D eigenvalue weighted by molar-refractivity contribution is -0.117. The second kappa shape index (κ2) is 11.4. The molecule has 0 unspecified atom stereocenters. The normalized spacial score (nSPS) is 11.0. The molecule has 0 radical (unpaired) electrons. The summed E-state index contributed by atoms with van der Waals surface area (Å²) in [6, 6.07) is 5.37. The van der Waals surface area contributed by atoms with Gasteiger partial charge in [-0.1, -0.05) is 13.3 Å². The van der Waals surface area contributed by atoms with E-state index in [4.69, 9.17) is 14.4 Å². The molecule has 1 aromatic heterocycles. The Labute approximate surface area is 131 Å². The lowest BCUT2D eigenvalue weighted by atomic mass is 10.3. The minimum absolute atomic E-state index is 0.0402. The summed E-state index contributed by atoms with van der Waals surface area (Å²) < 4.78 is 10.5. The Bertz CT molecular complexity index is 489. The van der Waals surface area contributed by atoms with E-state index in [0.717, 1.165) is 25.9 Å². The Balaban J connectivity index is 2.19. The predicted molar refractivity (Wildman–Crippen MR) is 82.6 cm³/mol. The number of hydrogen-bond acceptors (Lipinski definition) is 5. The highest BCUT2D eigenvalue weighted by Gasteiger charge is 2.08. The summed E-state index contributed by atoms with van der Waals surface area (Å²) in [5.74, 6) is 0.216. The Hall–Kier alpha value is -2.26. The smallest absolute Gasteiger partial charge is 0.263 e. The summed E-state index contributed by atoms with van der Waals surface area (Å²) in [7, 11) is 0. The fourth-order valence-corrected chi connectivity index (χ4v) is 1.62. The zero-order valence-corrected chi connectivity index (χ0v) is 12.9. The van der Waals surface area contributed by atoms with Gasteiger partial charge >= 0.3 is 0 Å². The van der Waals surface area contributed by atoms with Crippen LogP contribution >= 0.6 is 0 Å². The molecule has 1 aromatic rings. The third kappa shape index (κ3) is 7.50. The van der Waals surface area contributed by atoms with Crippen LogP contribution in [0.15, 0.2) is 34.6 Å². The van der Waals surface area contributed by atoms with Crippen molar-refractivity contribution < 1.29 is 13.9 Å². The van der Waals surface area contributed by atoms with E-state index in [1.54, 1.807) is 12.1 Å². The van der Waals surface area contributed by atoms with Gasteiger partial charge in [-0.25, -0.2) is 0 Å². The molecule has 2 N–H and O–H groups in total. The van der Waals surface area contributed by atoms with Crippen LogP contribution in [0.3, 0.4) is 0 Å². The van der Waals surface area contributed by atoms with E-state index in [2.05, 4.69) is 17.6 Å². The van der Waals surface area contributed by atoms with Crippen molar-refractivity contribution in [2.75, 3.05) is 19.8 Å². The molecule has 1 amide bonds. The van der Waals surface area contributed by atoms with Gasteiger partial charge in [-0.15, -0.1) is 0 Å². The van der Waals surface area contributed by atoms with Gasteiger partial charge in [0, 0.05) is 26.0 Å². The highest BCUT2D eigenvalue weighted by atomic mass is 16.5. The fourth-order valence-electron chi connectivity index (χ4n) is 1.62. The van der Waals surface area contributed by atoms with Gasteiger partial charge in [-0.3, -0.25) is 4.79 Å². The highest BCUT2D eigenvalue weighted by Crippen LogP contribution is 2.00. The number of rotatable bonds is 11. The third-order valence-corrected chi connectivity index (χ3v) is 2.87. The molecule has 6 heteroatoms. The first-order valence-corrected chi connectivity index (χ1v) is 7.50. The van der Waals surface area contributed by atoms with E-state index in [0.29, 0.717) is 18.9 Å². The van der Waals surface area contributed by atoms with Crippen LogP contribution in [-0.2, 0) is 16.1 Å². The minimum atomic E-state index is -0.425. The number of nitrogens with zero attached hydrogens (tertiary/aromatic N) is 1. The van der Waals surface area contributed by atoms with Crippen LogP contribution in [0.1, 0.15) is 31.9 Å². The molecule has 0 bridgehead atoms. The molecule has 0 aliphatic carbocycles. The van der Waals surface area contributed by atoms with Crippen LogP contribution in [0.5, 0.6) is 0 Å². The lowest BCUT2D eigenvalue weighted by Gasteiger charge is -2.05. The van der Waals surface area contributed by atoms with Crippen LogP contribution in [0, 0.1) is 11.3 Å². The van der Waals surface area contributed by atoms with Crippen molar-refractivity contribution in [2.24, 2.45) is 0 Å². The molecule has 0 saturated carbocycles. The fraction of sp³-hybridized carbons (Fsp3) is 0.500. The zero-order chi connectivity index (χ0) is 16.0. The summed E-state index contributed by atoms with van der Waals surface area (Å²) in [6.45, 7) is 4.49. The second-order valence-corrected chi connectivity index (χ2v) is 4.71. The molecule has 6 nitrogen and oxygen atoms in total. The molecule has 22 heavy (non-hydrogen) atoms. The quantitative estimate of drug-likeness (QED) is 0.371. The minimum Gasteiger partial charge on any atom is -0.467 e. The molecule has 0 saturated heterocycles. The molecule has 1 rings (SSSR count). The molecule has 0 atom stereocenters. The SMILES string of the molecule is CCCCOCCCN/C=C(/C#N)C(=O)NCc1ccco1. The summed E-state index contributed by atoms with van der Waals surface area (Å²) in [4.78, 5) is 11.8. The number of nitrogens with one attached hydrogen (secondary N) is 2. The summed E-state index contributed by atoms with van der Waals surface area (Å²) in [5, 5.41) is 14.6. The highest BCUT2D eigenvalue weighted by molar-refractivity contribution is 5.96. The van der Waals surface area contributed by atoms with Crippen molar-refractivity contribution in [3.05, 3.63) is 35.9 Å². The Morgan fingerprint density at radius 3 is 2.95 bits per heavy atom. The van der Waals surface area contributed by atoms with Gasteiger partial charge < -0.3 is 19.8 Å². The van der Waals surface area contributed by atoms with Gasteiger partial charge in [0.05, 0.1) is 12.8 Å².